The maximum atomic E-state index is 6.41. The summed E-state index contributed by atoms with van der Waals surface area (Å²) in [6.45, 7) is 0. The Bertz CT molecular complexity index is 4420. The summed E-state index contributed by atoms with van der Waals surface area (Å²) in [6, 6.07) is 68.7. The topological polar surface area (TPSA) is 69.9 Å². The van der Waals surface area contributed by atoms with E-state index in [-0.39, 0.29) is 0 Å². The predicted molar refractivity (Wildman–Crippen MR) is 273 cm³/mol. The van der Waals surface area contributed by atoms with E-state index < -0.39 is 0 Å². The van der Waals surface area contributed by atoms with Crippen molar-refractivity contribution in [3.8, 4) is 39.9 Å². The smallest absolute Gasteiger partial charge is 0.238 e. The third-order valence-electron chi connectivity index (χ3n) is 13.4. The highest BCUT2D eigenvalue weighted by Crippen LogP contribution is 2.44. The van der Waals surface area contributed by atoms with Crippen LogP contribution < -0.4 is 0 Å². The molecule has 0 N–H and O–H groups in total. The van der Waals surface area contributed by atoms with Gasteiger partial charge in [0, 0.05) is 69.2 Å². The molecule has 0 bridgehead atoms. The van der Waals surface area contributed by atoms with E-state index in [0.717, 1.165) is 93.3 Å². The Morgan fingerprint density at radius 1 is 0.364 bits per heavy atom. The zero-order valence-corrected chi connectivity index (χ0v) is 35.8. The van der Waals surface area contributed by atoms with Crippen LogP contribution in [0, 0.1) is 0 Å². The van der Waals surface area contributed by atoms with Crippen LogP contribution in [0.2, 0.25) is 0 Å². The van der Waals surface area contributed by atoms with Crippen LogP contribution in [-0.2, 0) is 0 Å². The third kappa shape index (κ3) is 5.20. The molecule has 10 aromatic carbocycles. The van der Waals surface area contributed by atoms with E-state index in [2.05, 4.69) is 162 Å². The van der Waals surface area contributed by atoms with Crippen molar-refractivity contribution in [3.05, 3.63) is 194 Å². The summed E-state index contributed by atoms with van der Waals surface area (Å²) in [5, 5.41) is 13.9. The summed E-state index contributed by atoms with van der Waals surface area (Å²) < 4.78 is 17.6. The van der Waals surface area contributed by atoms with Crippen molar-refractivity contribution < 1.29 is 8.83 Å². The van der Waals surface area contributed by atoms with Gasteiger partial charge in [0.25, 0.3) is 0 Å². The van der Waals surface area contributed by atoms with Crippen LogP contribution in [0.3, 0.4) is 0 Å². The number of rotatable bonds is 4. The first kappa shape index (κ1) is 35.8. The quantitative estimate of drug-likeness (QED) is 0.176. The molecule has 306 valence electrons. The fourth-order valence-electron chi connectivity index (χ4n) is 10.4. The van der Waals surface area contributed by atoms with Gasteiger partial charge in [-0.2, -0.15) is 9.97 Å². The molecule has 0 saturated heterocycles. The van der Waals surface area contributed by atoms with Gasteiger partial charge in [-0.25, -0.2) is 4.98 Å². The Morgan fingerprint density at radius 2 is 0.939 bits per heavy atom. The highest BCUT2D eigenvalue weighted by molar-refractivity contribution is 7.26. The summed E-state index contributed by atoms with van der Waals surface area (Å²) in [6.07, 6.45) is 0. The van der Waals surface area contributed by atoms with Gasteiger partial charge >= 0.3 is 0 Å². The molecular weight excluding hydrogens is 829 g/mol. The van der Waals surface area contributed by atoms with Gasteiger partial charge < -0.3 is 8.83 Å². The normalized spacial score (nSPS) is 12.2. The molecule has 0 aliphatic rings. The number of hydrogen-bond acceptors (Lipinski definition) is 6. The van der Waals surface area contributed by atoms with E-state index in [0.29, 0.717) is 17.6 Å². The SMILES string of the molecule is c1ccc2cc3c(cc2c1)c1cccc(-c2ccc4c(c2)sc2ccc5ccccc5c24)c1n3-c1nc(-c2ccc3c(c2)oc2ccccc23)nc(-c2ccc3c(c2)oc2ccccc23)n1. The molecule has 0 amide bonds. The maximum Gasteiger partial charge on any atom is 0.238 e. The van der Waals surface area contributed by atoms with Gasteiger partial charge in [-0.15, -0.1) is 11.3 Å². The van der Waals surface area contributed by atoms with Crippen LogP contribution in [0.4, 0.5) is 0 Å². The number of nitrogens with zero attached hydrogens (tertiary/aromatic N) is 4. The lowest BCUT2D eigenvalue weighted by atomic mass is 9.99. The van der Waals surface area contributed by atoms with Crippen LogP contribution >= 0.6 is 11.3 Å². The molecule has 7 heteroatoms. The summed E-state index contributed by atoms with van der Waals surface area (Å²) in [4.78, 5) is 16.1. The number of benzene rings is 10. The highest BCUT2D eigenvalue weighted by atomic mass is 32.1. The van der Waals surface area contributed by atoms with Crippen molar-refractivity contribution in [1.82, 2.24) is 19.5 Å². The minimum Gasteiger partial charge on any atom is -0.456 e. The highest BCUT2D eigenvalue weighted by Gasteiger charge is 2.23. The van der Waals surface area contributed by atoms with E-state index in [4.69, 9.17) is 23.8 Å². The van der Waals surface area contributed by atoms with E-state index in [1.54, 1.807) is 0 Å². The molecule has 0 unspecified atom stereocenters. The van der Waals surface area contributed by atoms with Crippen molar-refractivity contribution in [1.29, 1.82) is 0 Å². The summed E-state index contributed by atoms with van der Waals surface area (Å²) >= 11 is 1.85. The number of aromatic nitrogens is 4. The summed E-state index contributed by atoms with van der Waals surface area (Å²) in [7, 11) is 0. The number of hydrogen-bond donors (Lipinski definition) is 0. The van der Waals surface area contributed by atoms with E-state index in [1.807, 2.05) is 47.7 Å². The molecule has 0 aliphatic heterocycles. The Hall–Kier alpha value is -8.65. The third-order valence-corrected chi connectivity index (χ3v) is 14.5. The van der Waals surface area contributed by atoms with Crippen molar-refractivity contribution in [2.75, 3.05) is 0 Å². The first-order chi connectivity index (χ1) is 32.7. The molecule has 0 atom stereocenters. The number of thiophene rings is 1. The van der Waals surface area contributed by atoms with Crippen LogP contribution in [0.25, 0.3) is 147 Å². The molecule has 0 saturated carbocycles. The van der Waals surface area contributed by atoms with Crippen molar-refractivity contribution in [2.24, 2.45) is 0 Å². The predicted octanol–water partition coefficient (Wildman–Crippen LogP) is 16.4. The minimum atomic E-state index is 0.515. The monoisotopic (exact) mass is 860 g/mol. The molecular formula is C59H32N4O2S. The Balaban J connectivity index is 1.02. The van der Waals surface area contributed by atoms with Gasteiger partial charge in [0.05, 0.1) is 11.0 Å². The number of furan rings is 2. The van der Waals surface area contributed by atoms with Crippen LogP contribution in [0.1, 0.15) is 0 Å². The van der Waals surface area contributed by atoms with Crippen molar-refractivity contribution in [3.63, 3.8) is 0 Å². The Labute approximate surface area is 379 Å². The van der Waals surface area contributed by atoms with E-state index in [9.17, 15) is 0 Å². The molecule has 0 fully saturated rings. The van der Waals surface area contributed by atoms with Crippen molar-refractivity contribution in [2.45, 2.75) is 0 Å². The van der Waals surface area contributed by atoms with Gasteiger partial charge in [0.15, 0.2) is 11.6 Å². The van der Waals surface area contributed by atoms with Gasteiger partial charge in [-0.05, 0) is 87.8 Å². The van der Waals surface area contributed by atoms with Gasteiger partial charge in [0.1, 0.15) is 22.3 Å². The van der Waals surface area contributed by atoms with Gasteiger partial charge in [0.2, 0.25) is 5.95 Å². The second kappa shape index (κ2) is 13.4. The standard InChI is InChI=1S/C59H32N4O2S/c1-2-12-35-29-48-47(28-34(35)11-1)45-17-9-16-40(36-20-26-46-54(32-36)66-53-27-23-33-10-3-4-13-39(33)55(46)53)56(45)63(48)59-61-57(37-21-24-43-41-14-5-7-18-49(41)64-51(43)30-37)60-58(62-59)38-22-25-44-42-15-6-8-19-50(42)65-52(44)31-38/h1-32H. The molecule has 0 spiro atoms. The first-order valence-electron chi connectivity index (χ1n) is 22.1. The van der Waals surface area contributed by atoms with Gasteiger partial charge in [-0.1, -0.05) is 133 Å². The number of para-hydroxylation sites is 3. The zero-order chi connectivity index (χ0) is 43.0. The number of fused-ring (bicyclic) bond motifs is 15. The average Bonchev–Trinajstić information content (AvgIpc) is 4.13. The van der Waals surface area contributed by atoms with Crippen LogP contribution in [-0.4, -0.2) is 19.5 Å². The largest absolute Gasteiger partial charge is 0.456 e. The van der Waals surface area contributed by atoms with E-state index in [1.165, 1.54) is 36.3 Å². The molecule has 0 aliphatic carbocycles. The lowest BCUT2D eigenvalue weighted by molar-refractivity contribution is 0.668. The average molecular weight is 861 g/mol. The molecule has 5 heterocycles. The molecule has 66 heavy (non-hydrogen) atoms. The first-order valence-corrected chi connectivity index (χ1v) is 22.9. The molecule has 15 rings (SSSR count). The Kier molecular flexibility index (Phi) is 7.28. The summed E-state index contributed by atoms with van der Waals surface area (Å²) in [5.41, 5.74) is 9.13. The zero-order valence-electron chi connectivity index (χ0n) is 35.0. The van der Waals surface area contributed by atoms with E-state index >= 15 is 0 Å². The molecule has 15 aromatic rings. The van der Waals surface area contributed by atoms with Crippen LogP contribution in [0.15, 0.2) is 203 Å². The lowest BCUT2D eigenvalue weighted by Crippen LogP contribution is -2.07. The maximum absolute atomic E-state index is 6.41. The minimum absolute atomic E-state index is 0.515. The second-order valence-electron chi connectivity index (χ2n) is 17.1. The summed E-state index contributed by atoms with van der Waals surface area (Å²) in [5.74, 6) is 1.59. The fraction of sp³-hybridized carbons (Fsp3) is 0. The Morgan fingerprint density at radius 3 is 1.65 bits per heavy atom. The molecule has 5 aromatic heterocycles. The van der Waals surface area contributed by atoms with Gasteiger partial charge in [-0.3, -0.25) is 4.57 Å². The molecule has 6 nitrogen and oxygen atoms in total. The van der Waals surface area contributed by atoms with Crippen molar-refractivity contribution >= 4 is 119 Å². The second-order valence-corrected chi connectivity index (χ2v) is 18.2. The fourth-order valence-corrected chi connectivity index (χ4v) is 11.5. The van der Waals surface area contributed by atoms with Crippen LogP contribution in [0.5, 0.6) is 0 Å². The molecule has 0 radical (unpaired) electrons. The lowest BCUT2D eigenvalue weighted by Gasteiger charge is -2.13.